The summed E-state index contributed by atoms with van der Waals surface area (Å²) in [6.07, 6.45) is 0.163. The third-order valence-electron chi connectivity index (χ3n) is 2.25. The number of hydrazine groups is 1. The molecular formula is C13H13ClN4O3. The number of nitrogens with one attached hydrogen (secondary N) is 1. The van der Waals surface area contributed by atoms with Crippen LogP contribution in [0.3, 0.4) is 0 Å². The summed E-state index contributed by atoms with van der Waals surface area (Å²) in [5.41, 5.74) is 0.164. The minimum atomic E-state index is -0.932. The number of alkyl carbamates (subject to hydrolysis) is 1. The minimum Gasteiger partial charge on any atom is -0.450 e. The molecule has 0 heterocycles. The van der Waals surface area contributed by atoms with Crippen molar-refractivity contribution in [2.45, 2.75) is 6.92 Å². The van der Waals surface area contributed by atoms with E-state index in [0.717, 1.165) is 11.2 Å². The van der Waals surface area contributed by atoms with Gasteiger partial charge in [0.15, 0.2) is 0 Å². The maximum atomic E-state index is 11.7. The van der Waals surface area contributed by atoms with E-state index in [1.165, 1.54) is 0 Å². The Morgan fingerprint density at radius 2 is 2.10 bits per heavy atom. The highest BCUT2D eigenvalue weighted by Gasteiger charge is 2.14. The normalized spacial score (nSPS) is 10.5. The molecule has 0 aliphatic heterocycles. The number of amides is 2. The quantitative estimate of drug-likeness (QED) is 0.379. The molecule has 2 amide bonds. The molecule has 0 atom stereocenters. The molecule has 8 heteroatoms. The molecule has 0 spiro atoms. The van der Waals surface area contributed by atoms with E-state index < -0.39 is 12.0 Å². The third kappa shape index (κ3) is 5.14. The molecule has 1 aromatic rings. The molecule has 0 saturated carbocycles. The number of halogens is 1. The number of rotatable bonds is 4. The van der Waals surface area contributed by atoms with Gasteiger partial charge in [-0.05, 0) is 31.2 Å². The number of nitrogens with zero attached hydrogens (tertiary/aromatic N) is 2. The molecular weight excluding hydrogens is 296 g/mol. The Balaban J connectivity index is 2.83. The molecule has 21 heavy (non-hydrogen) atoms. The second-order valence-corrected chi connectivity index (χ2v) is 4.15. The van der Waals surface area contributed by atoms with E-state index in [1.807, 2.05) is 5.32 Å². The number of benzene rings is 1. The van der Waals surface area contributed by atoms with Crippen LogP contribution in [-0.4, -0.2) is 18.6 Å². The molecule has 7 nitrogen and oxygen atoms in total. The lowest BCUT2D eigenvalue weighted by Crippen LogP contribution is -2.33. The Bertz CT molecular complexity index is 592. The van der Waals surface area contributed by atoms with Gasteiger partial charge in [-0.1, -0.05) is 11.6 Å². The predicted octanol–water partition coefficient (Wildman–Crippen LogP) is 1.70. The van der Waals surface area contributed by atoms with E-state index in [0.29, 0.717) is 10.7 Å². The summed E-state index contributed by atoms with van der Waals surface area (Å²) in [7, 11) is 0. The van der Waals surface area contributed by atoms with Crippen LogP contribution in [0.4, 0.5) is 10.5 Å². The van der Waals surface area contributed by atoms with Gasteiger partial charge in [0, 0.05) is 11.2 Å². The Morgan fingerprint density at radius 1 is 1.48 bits per heavy atom. The Labute approximate surface area is 126 Å². The van der Waals surface area contributed by atoms with E-state index >= 15 is 0 Å². The van der Waals surface area contributed by atoms with Gasteiger partial charge in [0.2, 0.25) is 0 Å². The maximum Gasteiger partial charge on any atom is 0.414 e. The summed E-state index contributed by atoms with van der Waals surface area (Å²) in [5, 5.41) is 12.4. The summed E-state index contributed by atoms with van der Waals surface area (Å²) in [6, 6.07) is 8.08. The first-order chi connectivity index (χ1) is 9.97. The molecule has 0 saturated heterocycles. The minimum absolute atomic E-state index is 0.110. The Kier molecular flexibility index (Phi) is 6.20. The van der Waals surface area contributed by atoms with Crippen molar-refractivity contribution in [3.05, 3.63) is 41.1 Å². The lowest BCUT2D eigenvalue weighted by atomic mass is 10.2. The van der Waals surface area contributed by atoms with Crippen LogP contribution in [-0.2, 0) is 9.53 Å². The van der Waals surface area contributed by atoms with E-state index in [1.54, 1.807) is 37.3 Å². The summed E-state index contributed by atoms with van der Waals surface area (Å²) in [5.74, 6) is 4.81. The lowest BCUT2D eigenvalue weighted by molar-refractivity contribution is -0.116. The zero-order valence-corrected chi connectivity index (χ0v) is 11.9. The fraction of sp³-hybridized carbons (Fsp3) is 0.154. The van der Waals surface area contributed by atoms with Gasteiger partial charge in [-0.25, -0.2) is 10.6 Å². The highest BCUT2D eigenvalue weighted by molar-refractivity contribution is 6.30. The molecule has 0 aliphatic rings. The first-order valence-electron chi connectivity index (χ1n) is 5.87. The van der Waals surface area contributed by atoms with Crippen LogP contribution in [0.5, 0.6) is 0 Å². The van der Waals surface area contributed by atoms with Gasteiger partial charge in [0.25, 0.3) is 5.91 Å². The highest BCUT2D eigenvalue weighted by Crippen LogP contribution is 2.16. The first kappa shape index (κ1) is 16.5. The fourth-order valence-electron chi connectivity index (χ4n) is 1.29. The average Bonchev–Trinajstić information content (AvgIpc) is 2.45. The van der Waals surface area contributed by atoms with Crippen LogP contribution < -0.4 is 16.2 Å². The fourth-order valence-corrected chi connectivity index (χ4v) is 1.42. The van der Waals surface area contributed by atoms with Crippen LogP contribution in [0.2, 0.25) is 5.02 Å². The van der Waals surface area contributed by atoms with Crippen molar-refractivity contribution >= 4 is 29.3 Å². The SMILES string of the molecule is CCOC(=O)NC(=O)/C(C#N)=C\N(N)c1ccc(Cl)cc1. The molecule has 0 unspecified atom stereocenters. The van der Waals surface area contributed by atoms with Crippen LogP contribution in [0.25, 0.3) is 0 Å². The van der Waals surface area contributed by atoms with Gasteiger partial charge in [0.1, 0.15) is 11.6 Å². The topological polar surface area (TPSA) is 108 Å². The molecule has 0 radical (unpaired) electrons. The number of nitriles is 1. The maximum absolute atomic E-state index is 11.7. The highest BCUT2D eigenvalue weighted by atomic mass is 35.5. The van der Waals surface area contributed by atoms with Gasteiger partial charge in [-0.2, -0.15) is 5.26 Å². The van der Waals surface area contributed by atoms with E-state index in [2.05, 4.69) is 4.74 Å². The molecule has 0 fully saturated rings. The molecule has 110 valence electrons. The first-order valence-corrected chi connectivity index (χ1v) is 6.25. The van der Waals surface area contributed by atoms with Crippen molar-refractivity contribution in [1.82, 2.24) is 5.32 Å². The average molecular weight is 309 g/mol. The van der Waals surface area contributed by atoms with E-state index in [-0.39, 0.29) is 12.2 Å². The molecule has 0 bridgehead atoms. The predicted molar refractivity (Wildman–Crippen MR) is 77.0 cm³/mol. The summed E-state index contributed by atoms with van der Waals surface area (Å²) >= 11 is 5.74. The molecule has 0 aliphatic carbocycles. The molecule has 1 aromatic carbocycles. The number of anilines is 1. The van der Waals surface area contributed by atoms with Crippen molar-refractivity contribution in [1.29, 1.82) is 5.26 Å². The van der Waals surface area contributed by atoms with E-state index in [9.17, 15) is 9.59 Å². The van der Waals surface area contributed by atoms with Crippen molar-refractivity contribution in [2.75, 3.05) is 11.6 Å². The number of hydrogen-bond acceptors (Lipinski definition) is 6. The Morgan fingerprint density at radius 3 is 2.62 bits per heavy atom. The third-order valence-corrected chi connectivity index (χ3v) is 2.50. The standard InChI is InChI=1S/C13H13ClN4O3/c1-2-21-13(20)17-12(19)9(7-15)8-18(16)11-5-3-10(14)4-6-11/h3-6,8H,2,16H2,1H3,(H,17,19,20)/b9-8-. The van der Waals surface area contributed by atoms with Crippen LogP contribution >= 0.6 is 11.6 Å². The monoisotopic (exact) mass is 308 g/mol. The van der Waals surface area contributed by atoms with Gasteiger partial charge < -0.3 is 4.74 Å². The zero-order valence-electron chi connectivity index (χ0n) is 11.2. The van der Waals surface area contributed by atoms with Gasteiger partial charge in [0.05, 0.1) is 12.3 Å². The van der Waals surface area contributed by atoms with Crippen molar-refractivity contribution < 1.29 is 14.3 Å². The lowest BCUT2D eigenvalue weighted by Gasteiger charge is -2.14. The summed E-state index contributed by atoms with van der Waals surface area (Å²) in [4.78, 5) is 22.8. The molecule has 3 N–H and O–H groups in total. The number of carbonyl (C=O) groups is 2. The number of ether oxygens (including phenoxy) is 1. The van der Waals surface area contributed by atoms with Crippen LogP contribution in [0.1, 0.15) is 6.92 Å². The molecule has 0 aromatic heterocycles. The smallest absolute Gasteiger partial charge is 0.414 e. The zero-order chi connectivity index (χ0) is 15.8. The van der Waals surface area contributed by atoms with Crippen molar-refractivity contribution in [3.63, 3.8) is 0 Å². The van der Waals surface area contributed by atoms with Gasteiger partial charge >= 0.3 is 6.09 Å². The summed E-state index contributed by atoms with van der Waals surface area (Å²) < 4.78 is 4.54. The van der Waals surface area contributed by atoms with E-state index in [4.69, 9.17) is 22.7 Å². The van der Waals surface area contributed by atoms with Gasteiger partial charge in [-0.15, -0.1) is 0 Å². The second-order valence-electron chi connectivity index (χ2n) is 3.71. The van der Waals surface area contributed by atoms with Crippen molar-refractivity contribution in [2.24, 2.45) is 5.84 Å². The van der Waals surface area contributed by atoms with Gasteiger partial charge in [-0.3, -0.25) is 15.1 Å². The van der Waals surface area contributed by atoms with Crippen molar-refractivity contribution in [3.8, 4) is 6.07 Å². The number of nitrogens with two attached hydrogens (primary N) is 1. The number of imide groups is 1. The summed E-state index contributed by atoms with van der Waals surface area (Å²) in [6.45, 7) is 1.70. The number of hydrogen-bond donors (Lipinski definition) is 2. The van der Waals surface area contributed by atoms with Crippen LogP contribution in [0, 0.1) is 11.3 Å². The largest absolute Gasteiger partial charge is 0.450 e. The molecule has 1 rings (SSSR count). The van der Waals surface area contributed by atoms with Crippen LogP contribution in [0.15, 0.2) is 36.0 Å². The number of carbonyl (C=O) groups excluding carboxylic acids is 2. The Hall–Kier alpha value is -2.56. The second kappa shape index (κ2) is 7.89.